The number of aliphatic hydroxyl groups excluding tert-OH is 1. The topological polar surface area (TPSA) is 58.0 Å². The summed E-state index contributed by atoms with van der Waals surface area (Å²) in [7, 11) is 1.88. The molecule has 0 bridgehead atoms. The van der Waals surface area contributed by atoms with Crippen molar-refractivity contribution >= 4 is 11.8 Å². The molecular formula is C14H25N3OS. The second-order valence-corrected chi connectivity index (χ2v) is 6.81. The van der Waals surface area contributed by atoms with Crippen LogP contribution in [0.5, 0.6) is 0 Å². The molecule has 1 rings (SSSR count). The quantitative estimate of drug-likeness (QED) is 0.619. The Bertz CT molecular complexity index is 410. The van der Waals surface area contributed by atoms with E-state index in [9.17, 15) is 5.11 Å². The van der Waals surface area contributed by atoms with Crippen molar-refractivity contribution in [2.45, 2.75) is 57.0 Å². The predicted octanol–water partition coefficient (Wildman–Crippen LogP) is 2.24. The van der Waals surface area contributed by atoms with Crippen molar-refractivity contribution in [1.82, 2.24) is 15.3 Å². The van der Waals surface area contributed by atoms with E-state index in [4.69, 9.17) is 0 Å². The highest BCUT2D eigenvalue weighted by molar-refractivity contribution is 7.99. The molecule has 1 heterocycles. The normalized spacial score (nSPS) is 16.2. The van der Waals surface area contributed by atoms with Crippen molar-refractivity contribution < 1.29 is 5.11 Å². The molecule has 0 saturated heterocycles. The van der Waals surface area contributed by atoms with E-state index in [-0.39, 0.29) is 12.1 Å². The Labute approximate surface area is 120 Å². The Morgan fingerprint density at radius 1 is 1.26 bits per heavy atom. The van der Waals surface area contributed by atoms with Crippen LogP contribution in [0.1, 0.15) is 37.2 Å². The van der Waals surface area contributed by atoms with Crippen molar-refractivity contribution in [3.8, 4) is 0 Å². The van der Waals surface area contributed by atoms with Gasteiger partial charge in [-0.05, 0) is 46.7 Å². The van der Waals surface area contributed by atoms with Gasteiger partial charge in [-0.15, -0.1) is 0 Å². The molecule has 2 atom stereocenters. The van der Waals surface area contributed by atoms with E-state index in [1.165, 1.54) is 0 Å². The summed E-state index contributed by atoms with van der Waals surface area (Å²) in [5, 5.41) is 13.8. The summed E-state index contributed by atoms with van der Waals surface area (Å²) in [5.41, 5.74) is 3.00. The minimum absolute atomic E-state index is 0.126. The highest BCUT2D eigenvalue weighted by Gasteiger charge is 2.24. The largest absolute Gasteiger partial charge is 0.394 e. The monoisotopic (exact) mass is 283 g/mol. The summed E-state index contributed by atoms with van der Waals surface area (Å²) in [6, 6.07) is 0. The van der Waals surface area contributed by atoms with Gasteiger partial charge in [0.15, 0.2) is 5.16 Å². The Morgan fingerprint density at radius 2 is 1.79 bits per heavy atom. The first-order chi connectivity index (χ1) is 8.81. The van der Waals surface area contributed by atoms with Gasteiger partial charge < -0.3 is 10.4 Å². The van der Waals surface area contributed by atoms with Crippen molar-refractivity contribution in [2.24, 2.45) is 0 Å². The lowest BCUT2D eigenvalue weighted by molar-refractivity contribution is 0.174. The van der Waals surface area contributed by atoms with Crippen LogP contribution in [0.2, 0.25) is 0 Å². The van der Waals surface area contributed by atoms with Gasteiger partial charge in [-0.3, -0.25) is 0 Å². The minimum atomic E-state index is -0.249. The SMILES string of the molecule is CNC(C)(CO)CC(C)Sc1nc(C)c(C)c(C)n1. The Balaban J connectivity index is 2.75. The summed E-state index contributed by atoms with van der Waals surface area (Å²) in [4.78, 5) is 9.05. The number of thioether (sulfide) groups is 1. The van der Waals surface area contributed by atoms with Crippen molar-refractivity contribution in [3.05, 3.63) is 17.0 Å². The van der Waals surface area contributed by atoms with E-state index in [1.807, 2.05) is 34.7 Å². The Hall–Kier alpha value is -0.650. The van der Waals surface area contributed by atoms with Gasteiger partial charge in [0.2, 0.25) is 0 Å². The molecule has 0 aliphatic carbocycles. The number of aryl methyl sites for hydroxylation is 2. The highest BCUT2D eigenvalue weighted by Crippen LogP contribution is 2.27. The van der Waals surface area contributed by atoms with Gasteiger partial charge in [-0.25, -0.2) is 9.97 Å². The van der Waals surface area contributed by atoms with Gasteiger partial charge in [-0.2, -0.15) is 0 Å². The van der Waals surface area contributed by atoms with Crippen LogP contribution in [-0.2, 0) is 0 Å². The smallest absolute Gasteiger partial charge is 0.188 e. The van der Waals surface area contributed by atoms with Crippen LogP contribution < -0.4 is 5.32 Å². The van der Waals surface area contributed by atoms with Gasteiger partial charge in [0.25, 0.3) is 0 Å². The molecule has 0 spiro atoms. The van der Waals surface area contributed by atoms with Gasteiger partial charge in [-0.1, -0.05) is 18.7 Å². The summed E-state index contributed by atoms with van der Waals surface area (Å²) >= 11 is 1.66. The molecule has 0 fully saturated rings. The molecule has 2 unspecified atom stereocenters. The Kier molecular flexibility index (Phi) is 5.77. The molecule has 4 nitrogen and oxygen atoms in total. The third-order valence-corrected chi connectivity index (χ3v) is 4.57. The van der Waals surface area contributed by atoms with Crippen LogP contribution in [0, 0.1) is 20.8 Å². The molecule has 0 amide bonds. The summed E-state index contributed by atoms with van der Waals surface area (Å²) in [5.74, 6) is 0. The van der Waals surface area contributed by atoms with Gasteiger partial charge in [0.1, 0.15) is 0 Å². The zero-order chi connectivity index (χ0) is 14.6. The second kappa shape index (κ2) is 6.68. The fourth-order valence-corrected chi connectivity index (χ4v) is 3.09. The lowest BCUT2D eigenvalue weighted by Gasteiger charge is -2.29. The zero-order valence-corrected chi connectivity index (χ0v) is 13.6. The fraction of sp³-hybridized carbons (Fsp3) is 0.714. The van der Waals surface area contributed by atoms with E-state index >= 15 is 0 Å². The first-order valence-electron chi connectivity index (χ1n) is 6.59. The van der Waals surface area contributed by atoms with Crippen LogP contribution in [0.15, 0.2) is 5.16 Å². The molecule has 0 aliphatic heterocycles. The number of nitrogens with one attached hydrogen (secondary N) is 1. The van der Waals surface area contributed by atoms with Crippen LogP contribution in [0.3, 0.4) is 0 Å². The summed E-state index contributed by atoms with van der Waals surface area (Å²) < 4.78 is 0. The third kappa shape index (κ3) is 4.44. The average Bonchev–Trinajstić information content (AvgIpc) is 2.35. The second-order valence-electron chi connectivity index (χ2n) is 5.40. The van der Waals surface area contributed by atoms with Gasteiger partial charge >= 0.3 is 0 Å². The van der Waals surface area contributed by atoms with E-state index < -0.39 is 0 Å². The van der Waals surface area contributed by atoms with Crippen LogP contribution in [-0.4, -0.2) is 39.5 Å². The lowest BCUT2D eigenvalue weighted by atomic mass is 9.98. The Morgan fingerprint density at radius 3 is 2.21 bits per heavy atom. The zero-order valence-electron chi connectivity index (χ0n) is 12.7. The maximum atomic E-state index is 9.42. The molecule has 0 aromatic carbocycles. The van der Waals surface area contributed by atoms with E-state index in [0.29, 0.717) is 5.25 Å². The van der Waals surface area contributed by atoms with Crippen molar-refractivity contribution in [2.75, 3.05) is 13.7 Å². The molecule has 1 aromatic heterocycles. The van der Waals surface area contributed by atoms with Crippen LogP contribution in [0.25, 0.3) is 0 Å². The average molecular weight is 283 g/mol. The number of likely N-dealkylation sites (N-methyl/N-ethyl adjacent to an activating group) is 1. The molecular weight excluding hydrogens is 258 g/mol. The van der Waals surface area contributed by atoms with Crippen LogP contribution in [0.4, 0.5) is 0 Å². The maximum absolute atomic E-state index is 9.42. The van der Waals surface area contributed by atoms with E-state index in [0.717, 1.165) is 28.5 Å². The van der Waals surface area contributed by atoms with Crippen molar-refractivity contribution in [1.29, 1.82) is 0 Å². The number of hydrogen-bond donors (Lipinski definition) is 2. The lowest BCUT2D eigenvalue weighted by Crippen LogP contribution is -2.45. The first-order valence-corrected chi connectivity index (χ1v) is 7.47. The molecule has 19 heavy (non-hydrogen) atoms. The number of aromatic nitrogens is 2. The molecule has 0 radical (unpaired) electrons. The summed E-state index contributed by atoms with van der Waals surface area (Å²) in [6.45, 7) is 10.4. The highest BCUT2D eigenvalue weighted by atomic mass is 32.2. The predicted molar refractivity (Wildman–Crippen MR) is 80.7 cm³/mol. The number of aliphatic hydroxyl groups is 1. The molecule has 5 heteroatoms. The minimum Gasteiger partial charge on any atom is -0.394 e. The van der Waals surface area contributed by atoms with Gasteiger partial charge in [0.05, 0.1) is 6.61 Å². The molecule has 1 aromatic rings. The number of nitrogens with zero attached hydrogens (tertiary/aromatic N) is 2. The molecule has 0 saturated carbocycles. The maximum Gasteiger partial charge on any atom is 0.188 e. The molecule has 108 valence electrons. The summed E-state index contributed by atoms with van der Waals surface area (Å²) in [6.07, 6.45) is 0.861. The number of hydrogen-bond acceptors (Lipinski definition) is 5. The third-order valence-electron chi connectivity index (χ3n) is 3.61. The standard InChI is InChI=1S/C14H25N3OS/c1-9(7-14(5,8-18)15-6)19-13-16-11(3)10(2)12(4)17-13/h9,15,18H,7-8H2,1-6H3. The van der Waals surface area contributed by atoms with E-state index in [2.05, 4.69) is 22.2 Å². The first kappa shape index (κ1) is 16.4. The fourth-order valence-electron chi connectivity index (χ4n) is 1.90. The van der Waals surface area contributed by atoms with Gasteiger partial charge in [0, 0.05) is 22.2 Å². The van der Waals surface area contributed by atoms with E-state index in [1.54, 1.807) is 11.8 Å². The molecule has 0 aliphatic rings. The van der Waals surface area contributed by atoms with Crippen molar-refractivity contribution in [3.63, 3.8) is 0 Å². The molecule has 2 N–H and O–H groups in total. The van der Waals surface area contributed by atoms with Crippen LogP contribution >= 0.6 is 11.8 Å². The number of rotatable bonds is 6.